The van der Waals surface area contributed by atoms with Gasteiger partial charge in [-0.1, -0.05) is 27.7 Å². The van der Waals surface area contributed by atoms with Gasteiger partial charge in [0.05, 0.1) is 17.8 Å². The van der Waals surface area contributed by atoms with Crippen LogP contribution in [0.4, 0.5) is 15.8 Å². The Labute approximate surface area is 214 Å². The Morgan fingerprint density at radius 2 is 1.39 bits per heavy atom. The van der Waals surface area contributed by atoms with Crippen LogP contribution in [-0.4, -0.2) is 54.9 Å². The van der Waals surface area contributed by atoms with E-state index < -0.39 is 10.0 Å². The third-order valence-electron chi connectivity index (χ3n) is 6.86. The lowest BCUT2D eigenvalue weighted by atomic mass is 9.93. The van der Waals surface area contributed by atoms with Crippen LogP contribution >= 0.6 is 0 Å². The maximum atomic E-state index is 13.9. The number of imidazole rings is 1. The molecule has 1 saturated heterocycles. The van der Waals surface area contributed by atoms with E-state index in [0.29, 0.717) is 4.90 Å². The van der Waals surface area contributed by atoms with E-state index in [4.69, 9.17) is 0 Å². The maximum Gasteiger partial charge on any atom is 0.243 e. The molecule has 3 aromatic rings. The van der Waals surface area contributed by atoms with Gasteiger partial charge in [0.15, 0.2) is 0 Å². The minimum atomic E-state index is -3.73. The zero-order valence-corrected chi connectivity index (χ0v) is 22.2. The number of aromatic amines is 1. The van der Waals surface area contributed by atoms with E-state index in [2.05, 4.69) is 47.5 Å². The first kappa shape index (κ1) is 26.2. The van der Waals surface area contributed by atoms with Crippen LogP contribution in [0.25, 0.3) is 0 Å². The number of hydrogen-bond donors (Lipinski definition) is 1. The molecule has 0 atom stereocenters. The van der Waals surface area contributed by atoms with Crippen LogP contribution in [0.2, 0.25) is 0 Å². The van der Waals surface area contributed by atoms with Crippen molar-refractivity contribution in [3.8, 4) is 0 Å². The second kappa shape index (κ2) is 11.0. The highest BCUT2D eigenvalue weighted by atomic mass is 32.2. The van der Waals surface area contributed by atoms with Gasteiger partial charge in [-0.2, -0.15) is 4.31 Å². The summed E-state index contributed by atoms with van der Waals surface area (Å²) in [6.45, 7) is 11.7. The van der Waals surface area contributed by atoms with Crippen molar-refractivity contribution in [2.45, 2.75) is 45.2 Å². The molecule has 0 bridgehead atoms. The molecule has 0 amide bonds. The second-order valence-electron chi connectivity index (χ2n) is 10.1. The van der Waals surface area contributed by atoms with Crippen LogP contribution in [0.3, 0.4) is 0 Å². The molecule has 1 aliphatic heterocycles. The fourth-order valence-corrected chi connectivity index (χ4v) is 7.03. The summed E-state index contributed by atoms with van der Waals surface area (Å²) in [6.07, 6.45) is 3.25. The Hall–Kier alpha value is -2.91. The summed E-state index contributed by atoms with van der Waals surface area (Å²) in [5.41, 5.74) is 2.78. The molecule has 0 spiro atoms. The minimum absolute atomic E-state index is 0.152. The molecule has 1 N–H and O–H groups in total. The number of H-pyrrole nitrogens is 1. The maximum absolute atomic E-state index is 13.9. The number of nitrogens with one attached hydrogen (secondary N) is 1. The van der Waals surface area contributed by atoms with E-state index in [0.717, 1.165) is 43.2 Å². The molecule has 9 heteroatoms. The highest BCUT2D eigenvalue weighted by molar-refractivity contribution is 7.89. The lowest BCUT2D eigenvalue weighted by Crippen LogP contribution is -2.46. The van der Waals surface area contributed by atoms with Crippen LogP contribution in [-0.2, 0) is 16.6 Å². The summed E-state index contributed by atoms with van der Waals surface area (Å²) < 4.78 is 42.6. The van der Waals surface area contributed by atoms with E-state index in [9.17, 15) is 12.8 Å². The van der Waals surface area contributed by atoms with E-state index in [1.165, 1.54) is 12.1 Å². The summed E-state index contributed by atoms with van der Waals surface area (Å²) >= 11 is 0. The first-order valence-corrected chi connectivity index (χ1v) is 14.0. The predicted octanol–water partition coefficient (Wildman–Crippen LogP) is 4.75. The quantitative estimate of drug-likeness (QED) is 0.447. The van der Waals surface area contributed by atoms with Crippen LogP contribution in [0.1, 0.15) is 33.4 Å². The predicted molar refractivity (Wildman–Crippen MR) is 142 cm³/mol. The van der Waals surface area contributed by atoms with Crippen LogP contribution in [0, 0.1) is 17.7 Å². The first-order valence-electron chi connectivity index (χ1n) is 12.5. The summed E-state index contributed by atoms with van der Waals surface area (Å²) in [5, 5.41) is 0. The number of nitrogens with zero attached hydrogens (tertiary/aromatic N) is 4. The summed E-state index contributed by atoms with van der Waals surface area (Å²) in [7, 11) is -3.73. The molecule has 1 aliphatic rings. The van der Waals surface area contributed by atoms with E-state index in [-0.39, 0.29) is 30.2 Å². The molecule has 4 rings (SSSR count). The molecular weight excluding hydrogens is 477 g/mol. The van der Waals surface area contributed by atoms with Gasteiger partial charge < -0.3 is 14.8 Å². The van der Waals surface area contributed by atoms with Crippen molar-refractivity contribution < 1.29 is 12.8 Å². The highest BCUT2D eigenvalue weighted by Crippen LogP contribution is 2.30. The van der Waals surface area contributed by atoms with Crippen molar-refractivity contribution in [1.29, 1.82) is 0 Å². The topological polar surface area (TPSA) is 72.5 Å². The summed E-state index contributed by atoms with van der Waals surface area (Å²) in [4.78, 5) is 11.9. The summed E-state index contributed by atoms with van der Waals surface area (Å²) in [6, 6.07) is 13.7. The lowest BCUT2D eigenvalue weighted by Gasteiger charge is -2.38. The Morgan fingerprint density at radius 3 is 1.83 bits per heavy atom. The fourth-order valence-electron chi connectivity index (χ4n) is 5.16. The average Bonchev–Trinajstić information content (AvgIpc) is 3.37. The SMILES string of the molecule is CC(C)C(C(C)C)N(Cc1cnc[nH]1)S(=O)(=O)c1ccc(N2CCN(c3ccc(F)cc3)CC2)cc1. The number of rotatable bonds is 9. The third-order valence-corrected chi connectivity index (χ3v) is 8.72. The smallest absolute Gasteiger partial charge is 0.243 e. The highest BCUT2D eigenvalue weighted by Gasteiger charge is 2.35. The van der Waals surface area contributed by atoms with Crippen LogP contribution in [0.15, 0.2) is 66.0 Å². The largest absolute Gasteiger partial charge is 0.368 e. The average molecular weight is 514 g/mol. The Balaban J connectivity index is 1.51. The van der Waals surface area contributed by atoms with Gasteiger partial charge in [-0.25, -0.2) is 17.8 Å². The van der Waals surface area contributed by atoms with Crippen LogP contribution in [0.5, 0.6) is 0 Å². The van der Waals surface area contributed by atoms with Gasteiger partial charge in [0.2, 0.25) is 10.0 Å². The van der Waals surface area contributed by atoms with Crippen molar-refractivity contribution in [3.63, 3.8) is 0 Å². The molecule has 7 nitrogen and oxygen atoms in total. The molecule has 1 fully saturated rings. The molecule has 1 aromatic heterocycles. The number of sulfonamides is 1. The fraction of sp³-hybridized carbons (Fsp3) is 0.444. The number of hydrogen-bond acceptors (Lipinski definition) is 5. The van der Waals surface area contributed by atoms with Gasteiger partial charge in [-0.15, -0.1) is 0 Å². The van der Waals surface area contributed by atoms with Crippen molar-refractivity contribution in [2.24, 2.45) is 11.8 Å². The number of halogens is 1. The van der Waals surface area contributed by atoms with Crippen molar-refractivity contribution in [2.75, 3.05) is 36.0 Å². The standard InChI is InChI=1S/C27H36FN5O2S/c1-20(2)27(21(3)4)33(18-23-17-29-19-30-23)36(34,35)26-11-9-25(10-12-26)32-15-13-31(14-16-32)24-7-5-22(28)6-8-24/h5-12,17,19-21,27H,13-16,18H2,1-4H3,(H,29,30). The molecule has 36 heavy (non-hydrogen) atoms. The number of piperazine rings is 1. The minimum Gasteiger partial charge on any atom is -0.368 e. The molecule has 0 unspecified atom stereocenters. The lowest BCUT2D eigenvalue weighted by molar-refractivity contribution is 0.195. The van der Waals surface area contributed by atoms with Gasteiger partial charge in [0, 0.05) is 55.5 Å². The number of anilines is 2. The molecular formula is C27H36FN5O2S. The zero-order valence-electron chi connectivity index (χ0n) is 21.4. The van der Waals surface area contributed by atoms with Gasteiger partial charge in [0.1, 0.15) is 5.82 Å². The van der Waals surface area contributed by atoms with Gasteiger partial charge in [-0.3, -0.25) is 0 Å². The normalized spacial score (nSPS) is 15.0. The van der Waals surface area contributed by atoms with Crippen molar-refractivity contribution in [3.05, 3.63) is 72.6 Å². The number of benzene rings is 2. The Kier molecular flexibility index (Phi) is 8.00. The van der Waals surface area contributed by atoms with Gasteiger partial charge in [-0.05, 0) is 60.4 Å². The Morgan fingerprint density at radius 1 is 0.889 bits per heavy atom. The molecule has 0 radical (unpaired) electrons. The van der Waals surface area contributed by atoms with Crippen LogP contribution < -0.4 is 9.80 Å². The van der Waals surface area contributed by atoms with Crippen molar-refractivity contribution >= 4 is 21.4 Å². The molecule has 0 aliphatic carbocycles. The van der Waals surface area contributed by atoms with E-state index >= 15 is 0 Å². The van der Waals surface area contributed by atoms with Gasteiger partial charge >= 0.3 is 0 Å². The van der Waals surface area contributed by atoms with Crippen molar-refractivity contribution in [1.82, 2.24) is 14.3 Å². The zero-order chi connectivity index (χ0) is 25.9. The Bertz CT molecular complexity index is 1200. The van der Waals surface area contributed by atoms with E-state index in [1.54, 1.807) is 41.1 Å². The first-order chi connectivity index (χ1) is 17.2. The number of aromatic nitrogens is 2. The third kappa shape index (κ3) is 5.73. The molecule has 2 aromatic carbocycles. The monoisotopic (exact) mass is 513 g/mol. The second-order valence-corrected chi connectivity index (χ2v) is 11.9. The summed E-state index contributed by atoms with van der Waals surface area (Å²) in [5.74, 6) is 0.0717. The van der Waals surface area contributed by atoms with E-state index in [1.807, 2.05) is 12.1 Å². The molecule has 194 valence electrons. The van der Waals surface area contributed by atoms with Gasteiger partial charge in [0.25, 0.3) is 0 Å². The molecule has 2 heterocycles. The molecule has 0 saturated carbocycles.